The van der Waals surface area contributed by atoms with Gasteiger partial charge in [0.1, 0.15) is 11.9 Å². The second kappa shape index (κ2) is 11.2. The lowest BCUT2D eigenvalue weighted by molar-refractivity contribution is -0.130. The first-order valence-corrected chi connectivity index (χ1v) is 11.1. The molecule has 1 aliphatic heterocycles. The molecule has 1 saturated heterocycles. The average Bonchev–Trinajstić information content (AvgIpc) is 3.36. The van der Waals surface area contributed by atoms with Crippen molar-refractivity contribution < 1.29 is 9.53 Å². The maximum absolute atomic E-state index is 11.9. The van der Waals surface area contributed by atoms with E-state index in [-0.39, 0.29) is 12.0 Å². The van der Waals surface area contributed by atoms with E-state index in [1.165, 1.54) is 37.0 Å². The minimum atomic E-state index is -0.215. The van der Waals surface area contributed by atoms with Gasteiger partial charge < -0.3 is 14.6 Å². The van der Waals surface area contributed by atoms with Gasteiger partial charge in [0.15, 0.2) is 0 Å². The molecule has 1 atom stereocenters. The van der Waals surface area contributed by atoms with E-state index in [0.717, 1.165) is 63.7 Å². The molecule has 2 aromatic rings. The molecule has 1 aromatic carbocycles. The second-order valence-electron chi connectivity index (χ2n) is 7.83. The summed E-state index contributed by atoms with van der Waals surface area (Å²) in [5, 5.41) is 3.01. The number of fused-ring (bicyclic) bond motifs is 1. The smallest absolute Gasteiger partial charge is 0.249 e. The third-order valence-corrected chi connectivity index (χ3v) is 5.57. The molecule has 1 aliphatic rings. The number of aromatic nitrogens is 2. The highest BCUT2D eigenvalue weighted by Crippen LogP contribution is 2.19. The quantitative estimate of drug-likeness (QED) is 0.542. The Morgan fingerprint density at radius 1 is 1.18 bits per heavy atom. The number of imidazole rings is 1. The van der Waals surface area contributed by atoms with Crippen LogP contribution >= 0.6 is 0 Å². The van der Waals surface area contributed by atoms with E-state index in [4.69, 9.17) is 9.72 Å². The number of para-hydroxylation sites is 2. The van der Waals surface area contributed by atoms with Crippen LogP contribution in [0.15, 0.2) is 24.3 Å². The van der Waals surface area contributed by atoms with Gasteiger partial charge in [-0.05, 0) is 44.2 Å². The molecule has 5 nitrogen and oxygen atoms in total. The normalized spacial score (nSPS) is 16.7. The molecule has 3 rings (SSSR count). The molecule has 1 amide bonds. The summed E-state index contributed by atoms with van der Waals surface area (Å²) in [6.07, 6.45) is 10.9. The highest BCUT2D eigenvalue weighted by atomic mass is 16.5. The van der Waals surface area contributed by atoms with Crippen LogP contribution < -0.4 is 5.32 Å². The molecule has 1 aromatic heterocycles. The second-order valence-corrected chi connectivity index (χ2v) is 7.83. The zero-order valence-corrected chi connectivity index (χ0v) is 17.3. The number of nitrogens with one attached hydrogen (secondary N) is 1. The highest BCUT2D eigenvalue weighted by molar-refractivity contribution is 5.80. The molecular weight excluding hydrogens is 350 g/mol. The predicted molar refractivity (Wildman–Crippen MR) is 113 cm³/mol. The van der Waals surface area contributed by atoms with Crippen LogP contribution in [0, 0.1) is 0 Å². The van der Waals surface area contributed by atoms with Crippen LogP contribution in [0.1, 0.15) is 70.5 Å². The molecule has 0 bridgehead atoms. The minimum Gasteiger partial charge on any atom is -0.368 e. The maximum atomic E-state index is 11.9. The van der Waals surface area contributed by atoms with Gasteiger partial charge in [0.25, 0.3) is 0 Å². The summed E-state index contributed by atoms with van der Waals surface area (Å²) in [4.78, 5) is 16.8. The number of aryl methyl sites for hydroxylation is 2. The van der Waals surface area contributed by atoms with E-state index in [1.807, 2.05) is 0 Å². The summed E-state index contributed by atoms with van der Waals surface area (Å²) in [6, 6.07) is 8.47. The van der Waals surface area contributed by atoms with Crippen LogP contribution in [0.2, 0.25) is 0 Å². The Morgan fingerprint density at radius 3 is 2.86 bits per heavy atom. The summed E-state index contributed by atoms with van der Waals surface area (Å²) in [7, 11) is 0. The van der Waals surface area contributed by atoms with Crippen molar-refractivity contribution in [3.8, 4) is 0 Å². The number of unbranched alkanes of at least 4 members (excludes halogenated alkanes) is 5. The molecule has 0 radical (unpaired) electrons. The monoisotopic (exact) mass is 385 g/mol. The van der Waals surface area contributed by atoms with Crippen LogP contribution in [0.5, 0.6) is 0 Å². The zero-order chi connectivity index (χ0) is 19.6. The van der Waals surface area contributed by atoms with Gasteiger partial charge in [-0.3, -0.25) is 4.79 Å². The van der Waals surface area contributed by atoms with Crippen molar-refractivity contribution in [1.82, 2.24) is 14.9 Å². The third-order valence-electron chi connectivity index (χ3n) is 5.57. The van der Waals surface area contributed by atoms with Crippen molar-refractivity contribution in [3.05, 3.63) is 30.1 Å². The molecule has 0 spiro atoms. The average molecular weight is 386 g/mol. The van der Waals surface area contributed by atoms with E-state index in [9.17, 15) is 4.79 Å². The van der Waals surface area contributed by atoms with Crippen molar-refractivity contribution in [1.29, 1.82) is 0 Å². The van der Waals surface area contributed by atoms with Crippen LogP contribution in [0.25, 0.3) is 11.0 Å². The van der Waals surface area contributed by atoms with Crippen molar-refractivity contribution in [2.75, 3.05) is 13.2 Å². The molecule has 1 unspecified atom stereocenters. The highest BCUT2D eigenvalue weighted by Gasteiger charge is 2.22. The van der Waals surface area contributed by atoms with Crippen molar-refractivity contribution in [2.24, 2.45) is 0 Å². The predicted octanol–water partition coefficient (Wildman–Crippen LogP) is 4.62. The topological polar surface area (TPSA) is 56.2 Å². The van der Waals surface area contributed by atoms with Gasteiger partial charge in [0, 0.05) is 26.1 Å². The molecule has 5 heteroatoms. The van der Waals surface area contributed by atoms with Gasteiger partial charge in [0.2, 0.25) is 5.91 Å². The Hall–Kier alpha value is -1.88. The Kier molecular flexibility index (Phi) is 8.34. The molecular formula is C23H35N3O2. The van der Waals surface area contributed by atoms with E-state index in [1.54, 1.807) is 0 Å². The van der Waals surface area contributed by atoms with Crippen LogP contribution in [0.4, 0.5) is 0 Å². The number of carbonyl (C=O) groups excluding carboxylic acids is 1. The van der Waals surface area contributed by atoms with Gasteiger partial charge in [-0.25, -0.2) is 4.98 Å². The van der Waals surface area contributed by atoms with Crippen LogP contribution in [-0.2, 0) is 22.5 Å². The summed E-state index contributed by atoms with van der Waals surface area (Å²) < 4.78 is 7.84. The number of rotatable bonds is 12. The summed E-state index contributed by atoms with van der Waals surface area (Å²) in [6.45, 7) is 4.78. The Balaban J connectivity index is 1.43. The van der Waals surface area contributed by atoms with Crippen molar-refractivity contribution >= 4 is 16.9 Å². The Bertz CT molecular complexity index is 735. The lowest BCUT2D eigenvalue weighted by Crippen LogP contribution is -2.34. The van der Waals surface area contributed by atoms with Crippen LogP contribution in [0.3, 0.4) is 0 Å². The van der Waals surface area contributed by atoms with Crippen molar-refractivity contribution in [2.45, 2.75) is 83.8 Å². The fourth-order valence-electron chi connectivity index (χ4n) is 3.96. The van der Waals surface area contributed by atoms with Gasteiger partial charge in [-0.15, -0.1) is 0 Å². The van der Waals surface area contributed by atoms with Gasteiger partial charge >= 0.3 is 0 Å². The fourth-order valence-corrected chi connectivity index (χ4v) is 3.96. The third kappa shape index (κ3) is 5.81. The number of carbonyl (C=O) groups is 1. The summed E-state index contributed by atoms with van der Waals surface area (Å²) in [5.41, 5.74) is 2.37. The standard InChI is InChI=1S/C23H35N3O2/c1-2-3-4-10-17-26-20-13-8-7-12-19(20)25-22(26)15-6-5-9-16-24-23(27)21-14-11-18-28-21/h7-8,12-13,21H,2-6,9-11,14-18H2,1H3,(H,24,27). The molecule has 0 saturated carbocycles. The van der Waals surface area contributed by atoms with Gasteiger partial charge in [0.05, 0.1) is 11.0 Å². The summed E-state index contributed by atoms with van der Waals surface area (Å²) >= 11 is 0. The molecule has 1 fully saturated rings. The number of amides is 1. The number of nitrogens with zero attached hydrogens (tertiary/aromatic N) is 2. The van der Waals surface area contributed by atoms with E-state index < -0.39 is 0 Å². The van der Waals surface area contributed by atoms with E-state index >= 15 is 0 Å². The first-order chi connectivity index (χ1) is 13.8. The summed E-state index contributed by atoms with van der Waals surface area (Å²) in [5.74, 6) is 1.27. The first kappa shape index (κ1) is 20.8. The van der Waals surface area contributed by atoms with Gasteiger partial charge in [-0.1, -0.05) is 44.7 Å². The van der Waals surface area contributed by atoms with Gasteiger partial charge in [-0.2, -0.15) is 0 Å². The lowest BCUT2D eigenvalue weighted by Gasteiger charge is -2.11. The van der Waals surface area contributed by atoms with Crippen molar-refractivity contribution in [3.63, 3.8) is 0 Å². The zero-order valence-electron chi connectivity index (χ0n) is 17.3. The molecule has 28 heavy (non-hydrogen) atoms. The molecule has 154 valence electrons. The number of hydrogen-bond donors (Lipinski definition) is 1. The number of benzene rings is 1. The Morgan fingerprint density at radius 2 is 2.04 bits per heavy atom. The minimum absolute atomic E-state index is 0.0615. The SMILES string of the molecule is CCCCCCn1c(CCCCCNC(=O)C2CCCO2)nc2ccccc21. The maximum Gasteiger partial charge on any atom is 0.249 e. The Labute approximate surface area is 168 Å². The van der Waals surface area contributed by atoms with E-state index in [0.29, 0.717) is 0 Å². The largest absolute Gasteiger partial charge is 0.368 e. The van der Waals surface area contributed by atoms with Crippen LogP contribution in [-0.4, -0.2) is 34.7 Å². The van der Waals surface area contributed by atoms with E-state index in [2.05, 4.69) is 41.1 Å². The fraction of sp³-hybridized carbons (Fsp3) is 0.652. The molecule has 1 N–H and O–H groups in total. The lowest BCUT2D eigenvalue weighted by atomic mass is 10.1. The number of ether oxygens (including phenoxy) is 1. The first-order valence-electron chi connectivity index (χ1n) is 11.1. The number of hydrogen-bond acceptors (Lipinski definition) is 3. The molecule has 2 heterocycles. The molecule has 0 aliphatic carbocycles.